The quantitative estimate of drug-likeness (QED) is 0.439. The Hall–Kier alpha value is -1.50. The molecule has 1 saturated heterocycles. The fourth-order valence-electron chi connectivity index (χ4n) is 2.23. The SMILES string of the molecule is CC(C)(C)[Si](C)(C)OCc1cccnc1C(=O)C=CN1CCOCC1. The van der Waals surface area contributed by atoms with Gasteiger partial charge in [0.25, 0.3) is 0 Å². The fraction of sp³-hybridized carbons (Fsp3) is 0.579. The number of allylic oxidation sites excluding steroid dienone is 1. The highest BCUT2D eigenvalue weighted by atomic mass is 28.4. The lowest BCUT2D eigenvalue weighted by atomic mass is 10.1. The third kappa shape index (κ3) is 5.49. The van der Waals surface area contributed by atoms with E-state index in [1.165, 1.54) is 0 Å². The van der Waals surface area contributed by atoms with E-state index in [9.17, 15) is 4.79 Å². The van der Waals surface area contributed by atoms with Crippen LogP contribution >= 0.6 is 0 Å². The lowest BCUT2D eigenvalue weighted by molar-refractivity contribution is 0.0591. The highest BCUT2D eigenvalue weighted by Gasteiger charge is 2.37. The first-order chi connectivity index (χ1) is 11.7. The van der Waals surface area contributed by atoms with Crippen LogP contribution in [0.25, 0.3) is 0 Å². The number of carbonyl (C=O) groups is 1. The number of aromatic nitrogens is 1. The lowest BCUT2D eigenvalue weighted by Crippen LogP contribution is -2.40. The normalized spacial score (nSPS) is 16.4. The molecule has 0 amide bonds. The first-order valence-corrected chi connectivity index (χ1v) is 11.7. The Kier molecular flexibility index (Phi) is 6.54. The molecule has 0 radical (unpaired) electrons. The highest BCUT2D eigenvalue weighted by Crippen LogP contribution is 2.37. The van der Waals surface area contributed by atoms with Crippen LogP contribution in [0.15, 0.2) is 30.6 Å². The van der Waals surface area contributed by atoms with Gasteiger partial charge in [-0.2, -0.15) is 0 Å². The van der Waals surface area contributed by atoms with E-state index in [-0.39, 0.29) is 10.8 Å². The first kappa shape index (κ1) is 19.8. The number of rotatable bonds is 6. The molecule has 5 nitrogen and oxygen atoms in total. The van der Waals surface area contributed by atoms with Crippen LogP contribution in [-0.2, 0) is 15.8 Å². The van der Waals surface area contributed by atoms with Crippen LogP contribution in [0.5, 0.6) is 0 Å². The van der Waals surface area contributed by atoms with E-state index in [1.807, 2.05) is 18.3 Å². The monoisotopic (exact) mass is 362 g/mol. The predicted octanol–water partition coefficient (Wildman–Crippen LogP) is 3.63. The Labute approximate surface area is 152 Å². The smallest absolute Gasteiger partial charge is 0.205 e. The summed E-state index contributed by atoms with van der Waals surface area (Å²) in [5, 5.41) is 0.135. The molecule has 0 unspecified atom stereocenters. The van der Waals surface area contributed by atoms with Crippen LogP contribution in [0, 0.1) is 0 Å². The molecule has 1 fully saturated rings. The van der Waals surface area contributed by atoms with Gasteiger partial charge in [-0.05, 0) is 24.2 Å². The van der Waals surface area contributed by atoms with Gasteiger partial charge in [0.05, 0.1) is 19.8 Å². The molecule has 1 aliphatic rings. The molecule has 0 spiro atoms. The number of ether oxygens (including phenoxy) is 1. The molecule has 1 aromatic heterocycles. The van der Waals surface area contributed by atoms with Crippen LogP contribution in [0.2, 0.25) is 18.1 Å². The zero-order valence-electron chi connectivity index (χ0n) is 16.0. The molecule has 25 heavy (non-hydrogen) atoms. The minimum absolute atomic E-state index is 0.0825. The van der Waals surface area contributed by atoms with E-state index in [1.54, 1.807) is 12.3 Å². The maximum atomic E-state index is 12.6. The molecule has 2 rings (SSSR count). The van der Waals surface area contributed by atoms with Crippen molar-refractivity contribution in [2.24, 2.45) is 0 Å². The minimum Gasteiger partial charge on any atom is -0.412 e. The second-order valence-corrected chi connectivity index (χ2v) is 12.7. The third-order valence-corrected chi connectivity index (χ3v) is 9.48. The fourth-order valence-corrected chi connectivity index (χ4v) is 3.18. The Morgan fingerprint density at radius 2 is 2.04 bits per heavy atom. The van der Waals surface area contributed by atoms with Crippen molar-refractivity contribution >= 4 is 14.1 Å². The average molecular weight is 363 g/mol. The highest BCUT2D eigenvalue weighted by molar-refractivity contribution is 6.74. The maximum absolute atomic E-state index is 12.6. The van der Waals surface area contributed by atoms with Crippen LogP contribution in [0.3, 0.4) is 0 Å². The molecule has 0 aliphatic carbocycles. The zero-order valence-corrected chi connectivity index (χ0v) is 17.0. The molecule has 0 atom stereocenters. The number of hydrogen-bond acceptors (Lipinski definition) is 5. The molecule has 2 heterocycles. The summed E-state index contributed by atoms with van der Waals surface area (Å²) in [5.41, 5.74) is 1.33. The molecule has 0 saturated carbocycles. The van der Waals surface area contributed by atoms with Gasteiger partial charge in [0.15, 0.2) is 8.32 Å². The number of nitrogens with zero attached hydrogens (tertiary/aromatic N) is 2. The van der Waals surface area contributed by atoms with Gasteiger partial charge < -0.3 is 14.1 Å². The van der Waals surface area contributed by atoms with Crippen molar-refractivity contribution in [1.29, 1.82) is 0 Å². The van der Waals surface area contributed by atoms with Crippen LogP contribution in [-0.4, -0.2) is 50.3 Å². The van der Waals surface area contributed by atoms with E-state index in [0.29, 0.717) is 25.5 Å². The Morgan fingerprint density at radius 1 is 1.36 bits per heavy atom. The third-order valence-electron chi connectivity index (χ3n) is 5.00. The van der Waals surface area contributed by atoms with Gasteiger partial charge in [-0.3, -0.25) is 9.78 Å². The second kappa shape index (κ2) is 8.25. The summed E-state index contributed by atoms with van der Waals surface area (Å²) < 4.78 is 11.6. The van der Waals surface area contributed by atoms with E-state index >= 15 is 0 Å². The maximum Gasteiger partial charge on any atom is 0.205 e. The van der Waals surface area contributed by atoms with Gasteiger partial charge in [0.2, 0.25) is 5.78 Å². The van der Waals surface area contributed by atoms with Crippen LogP contribution in [0.1, 0.15) is 36.8 Å². The Bertz CT molecular complexity index is 617. The van der Waals surface area contributed by atoms with E-state index < -0.39 is 8.32 Å². The van der Waals surface area contributed by atoms with Gasteiger partial charge in [0, 0.05) is 37.1 Å². The van der Waals surface area contributed by atoms with Gasteiger partial charge >= 0.3 is 0 Å². The molecule has 0 N–H and O–H groups in total. The standard InChI is InChI=1S/C19H30N2O3Si/c1-19(2,3)25(4,5)24-15-16-7-6-9-20-18(16)17(22)8-10-21-11-13-23-14-12-21/h6-10H,11-15H2,1-5H3. The van der Waals surface area contributed by atoms with Crippen LogP contribution < -0.4 is 0 Å². The summed E-state index contributed by atoms with van der Waals surface area (Å²) in [6, 6.07) is 3.78. The van der Waals surface area contributed by atoms with Crippen molar-refractivity contribution in [3.63, 3.8) is 0 Å². The van der Waals surface area contributed by atoms with E-state index in [0.717, 1.165) is 18.7 Å². The van der Waals surface area contributed by atoms with Crippen molar-refractivity contribution in [2.75, 3.05) is 26.3 Å². The summed E-state index contributed by atoms with van der Waals surface area (Å²) in [5.74, 6) is -0.0825. The molecule has 0 bridgehead atoms. The predicted molar refractivity (Wildman–Crippen MR) is 102 cm³/mol. The Balaban J connectivity index is 2.06. The zero-order chi connectivity index (χ0) is 18.5. The van der Waals surface area contributed by atoms with E-state index in [4.69, 9.17) is 9.16 Å². The van der Waals surface area contributed by atoms with Crippen molar-refractivity contribution in [3.8, 4) is 0 Å². The average Bonchev–Trinajstić information content (AvgIpc) is 2.58. The van der Waals surface area contributed by atoms with Crippen molar-refractivity contribution in [3.05, 3.63) is 41.9 Å². The first-order valence-electron chi connectivity index (χ1n) is 8.83. The molecule has 1 aromatic rings. The molecular weight excluding hydrogens is 332 g/mol. The van der Waals surface area contributed by atoms with Gasteiger partial charge in [-0.1, -0.05) is 26.8 Å². The number of pyridine rings is 1. The number of carbonyl (C=O) groups excluding carboxylic acids is 1. The topological polar surface area (TPSA) is 51.7 Å². The van der Waals surface area contributed by atoms with Crippen LogP contribution in [0.4, 0.5) is 0 Å². The molecule has 6 heteroatoms. The summed E-state index contributed by atoms with van der Waals surface area (Å²) >= 11 is 0. The van der Waals surface area contributed by atoms with Gasteiger partial charge in [-0.25, -0.2) is 0 Å². The van der Waals surface area contributed by atoms with E-state index in [2.05, 4.69) is 43.7 Å². The number of ketones is 1. The molecule has 1 aliphatic heterocycles. The van der Waals surface area contributed by atoms with Crippen molar-refractivity contribution in [1.82, 2.24) is 9.88 Å². The molecule has 138 valence electrons. The number of morpholine rings is 1. The number of hydrogen-bond donors (Lipinski definition) is 0. The largest absolute Gasteiger partial charge is 0.412 e. The van der Waals surface area contributed by atoms with Crippen molar-refractivity contribution in [2.45, 2.75) is 45.5 Å². The summed E-state index contributed by atoms with van der Waals surface area (Å²) in [6.07, 6.45) is 5.10. The summed E-state index contributed by atoms with van der Waals surface area (Å²) in [4.78, 5) is 19.0. The molecular formula is C19H30N2O3Si. The lowest BCUT2D eigenvalue weighted by Gasteiger charge is -2.36. The molecule has 0 aromatic carbocycles. The summed E-state index contributed by atoms with van der Waals surface area (Å²) in [6.45, 7) is 14.5. The minimum atomic E-state index is -1.87. The van der Waals surface area contributed by atoms with Crippen molar-refractivity contribution < 1.29 is 14.0 Å². The second-order valence-electron chi connectivity index (χ2n) is 7.89. The summed E-state index contributed by atoms with van der Waals surface area (Å²) in [7, 11) is -1.87. The van der Waals surface area contributed by atoms with Gasteiger partial charge in [0.1, 0.15) is 5.69 Å². The Morgan fingerprint density at radius 3 is 2.68 bits per heavy atom. The van der Waals surface area contributed by atoms with Gasteiger partial charge in [-0.15, -0.1) is 0 Å².